The van der Waals surface area contributed by atoms with Gasteiger partial charge in [0.2, 0.25) is 0 Å². The van der Waals surface area contributed by atoms with E-state index in [2.05, 4.69) is 34.7 Å². The third-order valence-electron chi connectivity index (χ3n) is 4.53. The van der Waals surface area contributed by atoms with Crippen molar-refractivity contribution in [1.29, 1.82) is 0 Å². The molecule has 1 aromatic heterocycles. The molecule has 0 spiro atoms. The maximum atomic E-state index is 4.51. The Hall–Kier alpha value is -1.25. The van der Waals surface area contributed by atoms with E-state index < -0.39 is 0 Å². The molecule has 0 amide bonds. The van der Waals surface area contributed by atoms with Crippen LogP contribution >= 0.6 is 0 Å². The highest BCUT2D eigenvalue weighted by Gasteiger charge is 2.19. The molecule has 3 nitrogen and oxygen atoms in total. The molecule has 2 unspecified atom stereocenters. The van der Waals surface area contributed by atoms with Gasteiger partial charge in [0.1, 0.15) is 5.82 Å². The van der Waals surface area contributed by atoms with Crippen molar-refractivity contribution in [1.82, 2.24) is 4.98 Å². The van der Waals surface area contributed by atoms with Gasteiger partial charge in [-0.1, -0.05) is 19.8 Å². The zero-order valence-corrected chi connectivity index (χ0v) is 11.9. The van der Waals surface area contributed by atoms with Crippen LogP contribution in [0.25, 0.3) is 0 Å². The van der Waals surface area contributed by atoms with E-state index in [4.69, 9.17) is 0 Å². The van der Waals surface area contributed by atoms with E-state index in [1.165, 1.54) is 50.6 Å². The Labute approximate surface area is 116 Å². The van der Waals surface area contributed by atoms with E-state index in [0.29, 0.717) is 12.1 Å². The normalized spacial score (nSPS) is 27.6. The van der Waals surface area contributed by atoms with Crippen molar-refractivity contribution in [2.75, 3.05) is 10.6 Å². The SMILES string of the molecule is CC1CCCC(Nc2ccc(NC3CCC3)nc2)C1. The van der Waals surface area contributed by atoms with Gasteiger partial charge < -0.3 is 10.6 Å². The van der Waals surface area contributed by atoms with Crippen LogP contribution in [0.4, 0.5) is 11.5 Å². The average Bonchev–Trinajstić information content (AvgIpc) is 2.36. The molecule has 3 rings (SSSR count). The van der Waals surface area contributed by atoms with Gasteiger partial charge in [0.25, 0.3) is 0 Å². The van der Waals surface area contributed by atoms with Crippen molar-refractivity contribution in [3.8, 4) is 0 Å². The van der Waals surface area contributed by atoms with Crippen LogP contribution in [-0.2, 0) is 0 Å². The van der Waals surface area contributed by atoms with Crippen LogP contribution in [0.1, 0.15) is 51.9 Å². The lowest BCUT2D eigenvalue weighted by atomic mass is 9.87. The summed E-state index contributed by atoms with van der Waals surface area (Å²) in [6.45, 7) is 2.36. The summed E-state index contributed by atoms with van der Waals surface area (Å²) in [5.41, 5.74) is 1.17. The summed E-state index contributed by atoms with van der Waals surface area (Å²) >= 11 is 0. The van der Waals surface area contributed by atoms with Crippen LogP contribution in [-0.4, -0.2) is 17.1 Å². The quantitative estimate of drug-likeness (QED) is 0.857. The number of nitrogens with zero attached hydrogens (tertiary/aromatic N) is 1. The molecule has 2 atom stereocenters. The molecule has 0 bridgehead atoms. The average molecular weight is 259 g/mol. The van der Waals surface area contributed by atoms with Crippen LogP contribution in [0.2, 0.25) is 0 Å². The molecule has 1 heterocycles. The Morgan fingerprint density at radius 3 is 2.42 bits per heavy atom. The second-order valence-corrected chi connectivity index (χ2v) is 6.32. The van der Waals surface area contributed by atoms with Crippen LogP contribution in [0.3, 0.4) is 0 Å². The first-order valence-corrected chi connectivity index (χ1v) is 7.79. The van der Waals surface area contributed by atoms with Crippen molar-refractivity contribution in [2.24, 2.45) is 5.92 Å². The molecule has 2 saturated carbocycles. The molecule has 0 radical (unpaired) electrons. The fourth-order valence-electron chi connectivity index (χ4n) is 3.13. The molecule has 2 aliphatic rings. The maximum Gasteiger partial charge on any atom is 0.126 e. The summed E-state index contributed by atoms with van der Waals surface area (Å²) < 4.78 is 0. The summed E-state index contributed by atoms with van der Waals surface area (Å²) in [4.78, 5) is 4.51. The molecule has 2 N–H and O–H groups in total. The topological polar surface area (TPSA) is 37.0 Å². The predicted octanol–water partition coefficient (Wildman–Crippen LogP) is 4.04. The molecule has 2 aliphatic carbocycles. The van der Waals surface area contributed by atoms with Crippen LogP contribution < -0.4 is 10.6 Å². The molecule has 0 saturated heterocycles. The number of rotatable bonds is 4. The lowest BCUT2D eigenvalue weighted by Crippen LogP contribution is -2.27. The Kier molecular flexibility index (Phi) is 3.90. The van der Waals surface area contributed by atoms with E-state index >= 15 is 0 Å². The fourth-order valence-corrected chi connectivity index (χ4v) is 3.13. The van der Waals surface area contributed by atoms with Gasteiger partial charge in [0.15, 0.2) is 0 Å². The second kappa shape index (κ2) is 5.81. The van der Waals surface area contributed by atoms with Gasteiger partial charge in [-0.3, -0.25) is 0 Å². The first-order chi connectivity index (χ1) is 9.29. The predicted molar refractivity (Wildman–Crippen MR) is 80.5 cm³/mol. The molecule has 104 valence electrons. The van der Waals surface area contributed by atoms with Crippen LogP contribution in [0.15, 0.2) is 18.3 Å². The molecule has 3 heteroatoms. The van der Waals surface area contributed by atoms with Gasteiger partial charge in [0.05, 0.1) is 11.9 Å². The summed E-state index contributed by atoms with van der Waals surface area (Å²) in [6, 6.07) is 5.56. The lowest BCUT2D eigenvalue weighted by Gasteiger charge is -2.28. The van der Waals surface area contributed by atoms with E-state index in [9.17, 15) is 0 Å². The van der Waals surface area contributed by atoms with Gasteiger partial charge >= 0.3 is 0 Å². The van der Waals surface area contributed by atoms with Gasteiger partial charge in [-0.05, 0) is 50.2 Å². The minimum atomic E-state index is 0.635. The number of hydrogen-bond donors (Lipinski definition) is 2. The number of nitrogens with one attached hydrogen (secondary N) is 2. The number of anilines is 2. The third-order valence-corrected chi connectivity index (χ3v) is 4.53. The molecule has 19 heavy (non-hydrogen) atoms. The zero-order chi connectivity index (χ0) is 13.1. The monoisotopic (exact) mass is 259 g/mol. The number of pyridine rings is 1. The molecule has 0 aliphatic heterocycles. The highest BCUT2D eigenvalue weighted by atomic mass is 15.0. The summed E-state index contributed by atoms with van der Waals surface area (Å²) in [7, 11) is 0. The lowest BCUT2D eigenvalue weighted by molar-refractivity contribution is 0.358. The first kappa shape index (κ1) is 12.8. The summed E-state index contributed by atoms with van der Waals surface area (Å²) in [5.74, 6) is 1.88. The Balaban J connectivity index is 1.53. The number of hydrogen-bond acceptors (Lipinski definition) is 3. The standard InChI is InChI=1S/C16H25N3/c1-12-4-2-7-14(10-12)18-15-8-9-16(17-11-15)19-13-5-3-6-13/h8-9,11-14,18H,2-7,10H2,1H3,(H,17,19). The largest absolute Gasteiger partial charge is 0.381 e. The zero-order valence-electron chi connectivity index (χ0n) is 11.9. The van der Waals surface area contributed by atoms with Gasteiger partial charge in [0, 0.05) is 12.1 Å². The fraction of sp³-hybridized carbons (Fsp3) is 0.688. The highest BCUT2D eigenvalue weighted by Crippen LogP contribution is 2.27. The maximum absolute atomic E-state index is 4.51. The Morgan fingerprint density at radius 1 is 1.00 bits per heavy atom. The molecular weight excluding hydrogens is 234 g/mol. The van der Waals surface area contributed by atoms with E-state index in [1.807, 2.05) is 6.20 Å². The van der Waals surface area contributed by atoms with Crippen molar-refractivity contribution < 1.29 is 0 Å². The van der Waals surface area contributed by atoms with E-state index in [-0.39, 0.29) is 0 Å². The third kappa shape index (κ3) is 3.40. The van der Waals surface area contributed by atoms with Crippen molar-refractivity contribution >= 4 is 11.5 Å². The van der Waals surface area contributed by atoms with Gasteiger partial charge in [-0.2, -0.15) is 0 Å². The van der Waals surface area contributed by atoms with Crippen molar-refractivity contribution in [2.45, 2.75) is 64.0 Å². The van der Waals surface area contributed by atoms with Crippen LogP contribution in [0.5, 0.6) is 0 Å². The molecule has 0 aromatic carbocycles. The van der Waals surface area contributed by atoms with Gasteiger partial charge in [-0.15, -0.1) is 0 Å². The van der Waals surface area contributed by atoms with Gasteiger partial charge in [-0.25, -0.2) is 4.98 Å². The smallest absolute Gasteiger partial charge is 0.126 e. The minimum absolute atomic E-state index is 0.635. The molecular formula is C16H25N3. The van der Waals surface area contributed by atoms with E-state index in [0.717, 1.165) is 11.7 Å². The Bertz CT molecular complexity index is 397. The minimum Gasteiger partial charge on any atom is -0.381 e. The molecule has 2 fully saturated rings. The summed E-state index contributed by atoms with van der Waals surface area (Å²) in [6.07, 6.45) is 11.3. The van der Waals surface area contributed by atoms with Crippen LogP contribution in [0, 0.1) is 5.92 Å². The van der Waals surface area contributed by atoms with Crippen molar-refractivity contribution in [3.63, 3.8) is 0 Å². The van der Waals surface area contributed by atoms with Crippen molar-refractivity contribution in [3.05, 3.63) is 18.3 Å². The van der Waals surface area contributed by atoms with E-state index in [1.54, 1.807) is 0 Å². The molecule has 1 aromatic rings. The highest BCUT2D eigenvalue weighted by molar-refractivity contribution is 5.48. The Morgan fingerprint density at radius 2 is 1.79 bits per heavy atom. The summed E-state index contributed by atoms with van der Waals surface area (Å²) in [5, 5.41) is 7.11. The first-order valence-electron chi connectivity index (χ1n) is 7.79. The second-order valence-electron chi connectivity index (χ2n) is 6.32. The number of aromatic nitrogens is 1.